The molecule has 0 saturated carbocycles. The Balaban J connectivity index is 0.000000770. The van der Waals surface area contributed by atoms with E-state index in [2.05, 4.69) is 18.6 Å². The minimum Gasteiger partial charge on any atom is -0.420 e. The van der Waals surface area contributed by atoms with Crippen LogP contribution in [0.25, 0.3) is 0 Å². The fourth-order valence-corrected chi connectivity index (χ4v) is 0.785. The van der Waals surface area contributed by atoms with E-state index >= 15 is 0 Å². The van der Waals surface area contributed by atoms with Crippen molar-refractivity contribution in [2.24, 2.45) is 0 Å². The van der Waals surface area contributed by atoms with Crippen molar-refractivity contribution in [2.75, 3.05) is 0 Å². The van der Waals surface area contributed by atoms with Gasteiger partial charge in [-0.15, -0.1) is 0 Å². The third kappa shape index (κ3) is 4.42. The number of hydrogen-bond acceptors (Lipinski definition) is 2. The summed E-state index contributed by atoms with van der Waals surface area (Å²) >= 11 is 0. The van der Waals surface area contributed by atoms with Gasteiger partial charge in [-0.05, 0) is 0 Å². The van der Waals surface area contributed by atoms with E-state index in [1.54, 1.807) is 0 Å². The van der Waals surface area contributed by atoms with Gasteiger partial charge in [0.15, 0.2) is 11.6 Å². The van der Waals surface area contributed by atoms with E-state index in [4.69, 9.17) is 0 Å². The van der Waals surface area contributed by atoms with E-state index in [1.807, 2.05) is 0 Å². The van der Waals surface area contributed by atoms with E-state index in [1.165, 1.54) is 6.42 Å². The minimum atomic E-state index is -1.74. The monoisotopic (exact) mass is 252 g/mol. The molecule has 0 N–H and O–H groups in total. The molecule has 1 aromatic rings. The fraction of sp³-hybridized carbons (Fsp3) is 0.364. The lowest BCUT2D eigenvalue weighted by Crippen LogP contribution is -2.07. The van der Waals surface area contributed by atoms with Crippen molar-refractivity contribution in [2.45, 2.75) is 27.2 Å². The molecule has 6 heteroatoms. The van der Waals surface area contributed by atoms with Crippen LogP contribution in [-0.4, -0.2) is 5.97 Å². The van der Waals surface area contributed by atoms with Crippen LogP contribution in [0.15, 0.2) is 6.07 Å². The molecule has 0 heterocycles. The van der Waals surface area contributed by atoms with Crippen molar-refractivity contribution < 1.29 is 27.1 Å². The second kappa shape index (κ2) is 6.88. The molecule has 0 saturated heterocycles. The molecule has 0 unspecified atom stereocenters. The average Bonchev–Trinajstić information content (AvgIpc) is 2.22. The Morgan fingerprint density at radius 2 is 1.47 bits per heavy atom. The molecule has 0 radical (unpaired) electrons. The van der Waals surface area contributed by atoms with Crippen LogP contribution >= 0.6 is 0 Å². The number of hydrogen-bond donors (Lipinski definition) is 0. The predicted molar refractivity (Wildman–Crippen MR) is 53.5 cm³/mol. The van der Waals surface area contributed by atoms with Gasteiger partial charge in [0.1, 0.15) is 0 Å². The maximum atomic E-state index is 12.7. The first-order valence-corrected chi connectivity index (χ1v) is 4.86. The molecule has 1 aromatic carbocycles. The largest absolute Gasteiger partial charge is 0.420 e. The van der Waals surface area contributed by atoms with Crippen LogP contribution in [0, 0.1) is 23.3 Å². The highest BCUT2D eigenvalue weighted by Gasteiger charge is 2.21. The summed E-state index contributed by atoms with van der Waals surface area (Å²) in [6.07, 6.45) is 1.25. The summed E-state index contributed by atoms with van der Waals surface area (Å²) in [5.74, 6) is -9.17. The summed E-state index contributed by atoms with van der Waals surface area (Å²) in [5.41, 5.74) is 0. The van der Waals surface area contributed by atoms with E-state index in [-0.39, 0.29) is 6.07 Å². The molecule has 17 heavy (non-hydrogen) atoms. The van der Waals surface area contributed by atoms with E-state index in [0.29, 0.717) is 0 Å². The molecule has 0 amide bonds. The number of carbonyl (C=O) groups excluding carboxylic acids is 1. The third-order valence-electron chi connectivity index (χ3n) is 1.32. The normalized spacial score (nSPS) is 9.35. The van der Waals surface area contributed by atoms with Crippen molar-refractivity contribution >= 4 is 5.97 Å². The van der Waals surface area contributed by atoms with Gasteiger partial charge in [-0.3, -0.25) is 4.79 Å². The lowest BCUT2D eigenvalue weighted by Gasteiger charge is -2.05. The Hall–Kier alpha value is -1.59. The molecule has 1 rings (SSSR count). The summed E-state index contributed by atoms with van der Waals surface area (Å²) < 4.78 is 54.5. The van der Waals surface area contributed by atoms with Crippen molar-refractivity contribution in [3.63, 3.8) is 0 Å². The highest BCUT2D eigenvalue weighted by molar-refractivity contribution is 5.69. The van der Waals surface area contributed by atoms with Crippen LogP contribution in [-0.2, 0) is 4.79 Å². The van der Waals surface area contributed by atoms with E-state index in [0.717, 1.165) is 6.92 Å². The van der Waals surface area contributed by atoms with Crippen LogP contribution in [0.1, 0.15) is 27.2 Å². The molecule has 2 nitrogen and oxygen atoms in total. The molecule has 0 aliphatic rings. The van der Waals surface area contributed by atoms with Gasteiger partial charge in [0, 0.05) is 13.0 Å². The van der Waals surface area contributed by atoms with Gasteiger partial charge in [-0.25, -0.2) is 8.78 Å². The first kappa shape index (κ1) is 15.4. The maximum absolute atomic E-state index is 12.7. The van der Waals surface area contributed by atoms with Crippen LogP contribution in [0.4, 0.5) is 17.6 Å². The first-order valence-electron chi connectivity index (χ1n) is 4.86. The zero-order chi connectivity index (χ0) is 13.6. The Morgan fingerprint density at radius 1 is 1.12 bits per heavy atom. The van der Waals surface area contributed by atoms with Crippen LogP contribution in [0.2, 0.25) is 0 Å². The first-order chi connectivity index (χ1) is 7.84. The molecule has 0 fully saturated rings. The maximum Gasteiger partial charge on any atom is 0.308 e. The number of carbonyl (C=O) groups is 1. The van der Waals surface area contributed by atoms with Gasteiger partial charge >= 0.3 is 5.97 Å². The van der Waals surface area contributed by atoms with Crippen molar-refractivity contribution in [1.29, 1.82) is 0 Å². The second-order valence-electron chi connectivity index (χ2n) is 3.10. The van der Waals surface area contributed by atoms with Gasteiger partial charge in [-0.1, -0.05) is 20.3 Å². The molecule has 0 aromatic heterocycles. The minimum absolute atomic E-state index is 0.0255. The number of halogens is 4. The summed E-state index contributed by atoms with van der Waals surface area (Å²) in [5, 5.41) is 0. The highest BCUT2D eigenvalue weighted by Crippen LogP contribution is 2.26. The van der Waals surface area contributed by atoms with Gasteiger partial charge < -0.3 is 4.74 Å². The SMILES string of the molecule is CC(=O)Oc1c(F)c(F)cc(F)c1F.CCC. The number of ether oxygens (including phenoxy) is 1. The van der Waals surface area contributed by atoms with E-state index in [9.17, 15) is 22.4 Å². The van der Waals surface area contributed by atoms with Gasteiger partial charge in [-0.2, -0.15) is 8.78 Å². The van der Waals surface area contributed by atoms with Crippen molar-refractivity contribution in [3.05, 3.63) is 29.3 Å². The Kier molecular flexibility index (Phi) is 6.23. The lowest BCUT2D eigenvalue weighted by atomic mass is 10.3. The Bertz CT molecular complexity index is 379. The number of esters is 1. The molecule has 0 spiro atoms. The molecule has 0 aliphatic heterocycles. The molecular weight excluding hydrogens is 240 g/mol. The third-order valence-corrected chi connectivity index (χ3v) is 1.32. The second-order valence-corrected chi connectivity index (χ2v) is 3.10. The van der Waals surface area contributed by atoms with Crippen molar-refractivity contribution in [1.82, 2.24) is 0 Å². The fourth-order valence-electron chi connectivity index (χ4n) is 0.785. The van der Waals surface area contributed by atoms with Crippen molar-refractivity contribution in [3.8, 4) is 5.75 Å². The molecule has 96 valence electrons. The Labute approximate surface area is 96.2 Å². The molecular formula is C11H12F4O2. The summed E-state index contributed by atoms with van der Waals surface area (Å²) in [7, 11) is 0. The van der Waals surface area contributed by atoms with Crippen LogP contribution in [0.3, 0.4) is 0 Å². The quantitative estimate of drug-likeness (QED) is 0.330. The summed E-state index contributed by atoms with van der Waals surface area (Å²) in [6.45, 7) is 5.10. The zero-order valence-electron chi connectivity index (χ0n) is 9.61. The predicted octanol–water partition coefficient (Wildman–Crippen LogP) is 3.58. The standard InChI is InChI=1S/C8H4F4O2.C3H8/c1-3(13)14-8-6(11)4(9)2-5(10)7(8)12;1-3-2/h2H,1H3;3H2,1-2H3. The summed E-state index contributed by atoms with van der Waals surface area (Å²) in [6, 6.07) is 0.0255. The smallest absolute Gasteiger partial charge is 0.308 e. The number of rotatable bonds is 1. The van der Waals surface area contributed by atoms with Gasteiger partial charge in [0.2, 0.25) is 17.4 Å². The average molecular weight is 252 g/mol. The molecule has 0 atom stereocenters. The van der Waals surface area contributed by atoms with Gasteiger partial charge in [0.25, 0.3) is 0 Å². The highest BCUT2D eigenvalue weighted by atomic mass is 19.2. The summed E-state index contributed by atoms with van der Waals surface area (Å²) in [4.78, 5) is 10.3. The molecule has 0 aliphatic carbocycles. The topological polar surface area (TPSA) is 26.3 Å². The van der Waals surface area contributed by atoms with Crippen LogP contribution < -0.4 is 4.74 Å². The lowest BCUT2D eigenvalue weighted by molar-refractivity contribution is -0.132. The van der Waals surface area contributed by atoms with E-state index < -0.39 is 35.0 Å². The molecule has 0 bridgehead atoms. The number of benzene rings is 1. The van der Waals surface area contributed by atoms with Gasteiger partial charge in [0.05, 0.1) is 0 Å². The Morgan fingerprint density at radius 3 is 1.76 bits per heavy atom. The van der Waals surface area contributed by atoms with Crippen LogP contribution in [0.5, 0.6) is 5.75 Å². The zero-order valence-corrected chi connectivity index (χ0v) is 9.61.